The van der Waals surface area contributed by atoms with Gasteiger partial charge in [-0.1, -0.05) is 31.4 Å². The van der Waals surface area contributed by atoms with E-state index in [0.717, 1.165) is 42.3 Å². The Balaban J connectivity index is 2.10. The summed E-state index contributed by atoms with van der Waals surface area (Å²) in [6, 6.07) is 10.1. The molecule has 2 nitrogen and oxygen atoms in total. The van der Waals surface area contributed by atoms with Gasteiger partial charge in [-0.3, -0.25) is 0 Å². The van der Waals surface area contributed by atoms with E-state index in [0.29, 0.717) is 0 Å². The quantitative estimate of drug-likeness (QED) is 0.788. The van der Waals surface area contributed by atoms with E-state index in [1.807, 2.05) is 24.3 Å². The van der Waals surface area contributed by atoms with Crippen molar-refractivity contribution in [2.45, 2.75) is 51.0 Å². The predicted octanol–water partition coefficient (Wildman–Crippen LogP) is 5.00. The van der Waals surface area contributed by atoms with E-state index in [4.69, 9.17) is 11.6 Å². The maximum atomic E-state index is 9.60. The summed E-state index contributed by atoms with van der Waals surface area (Å²) in [4.78, 5) is 0. The minimum Gasteiger partial charge on any atom is -0.367 e. The zero-order chi connectivity index (χ0) is 13.7. The Kier molecular flexibility index (Phi) is 4.71. The van der Waals surface area contributed by atoms with E-state index in [1.54, 1.807) is 0 Å². The highest BCUT2D eigenvalue weighted by atomic mass is 35.5. The fourth-order valence-corrected chi connectivity index (χ4v) is 3.02. The van der Waals surface area contributed by atoms with Crippen molar-refractivity contribution in [3.05, 3.63) is 29.3 Å². The highest BCUT2D eigenvalue weighted by Gasteiger charge is 2.32. The van der Waals surface area contributed by atoms with E-state index >= 15 is 0 Å². The predicted molar refractivity (Wildman–Crippen MR) is 80.3 cm³/mol. The second-order valence-corrected chi connectivity index (χ2v) is 5.97. The van der Waals surface area contributed by atoms with Gasteiger partial charge in [-0.2, -0.15) is 5.26 Å². The third-order valence-electron chi connectivity index (χ3n) is 4.21. The molecule has 0 heterocycles. The van der Waals surface area contributed by atoms with Crippen molar-refractivity contribution in [1.29, 1.82) is 5.26 Å². The lowest BCUT2D eigenvalue weighted by Crippen LogP contribution is -2.36. The summed E-state index contributed by atoms with van der Waals surface area (Å²) in [5.41, 5.74) is 0.582. The lowest BCUT2D eigenvalue weighted by molar-refractivity contribution is 0.436. The fraction of sp³-hybridized carbons (Fsp3) is 0.562. The van der Waals surface area contributed by atoms with Crippen LogP contribution < -0.4 is 5.32 Å². The number of hydrogen-bond acceptors (Lipinski definition) is 2. The summed E-state index contributed by atoms with van der Waals surface area (Å²) in [7, 11) is 0. The van der Waals surface area contributed by atoms with Gasteiger partial charge in [0.15, 0.2) is 0 Å². The Labute approximate surface area is 120 Å². The molecule has 0 saturated heterocycles. The maximum absolute atomic E-state index is 9.60. The lowest BCUT2D eigenvalue weighted by atomic mass is 9.90. The number of nitrogens with zero attached hydrogens (tertiary/aromatic N) is 1. The molecule has 2 unspecified atom stereocenters. The van der Waals surface area contributed by atoms with Crippen molar-refractivity contribution >= 4 is 17.3 Å². The number of halogens is 1. The van der Waals surface area contributed by atoms with Crippen LogP contribution >= 0.6 is 11.6 Å². The largest absolute Gasteiger partial charge is 0.367 e. The molecule has 2 rings (SSSR count). The van der Waals surface area contributed by atoms with Gasteiger partial charge in [0.05, 0.1) is 6.07 Å². The number of benzene rings is 1. The molecule has 1 fully saturated rings. The van der Waals surface area contributed by atoms with Crippen LogP contribution in [0.25, 0.3) is 0 Å². The molecule has 0 bridgehead atoms. The molecule has 0 spiro atoms. The van der Waals surface area contributed by atoms with Crippen LogP contribution in [0.2, 0.25) is 5.02 Å². The van der Waals surface area contributed by atoms with Crippen molar-refractivity contribution in [1.82, 2.24) is 0 Å². The Morgan fingerprint density at radius 1 is 1.32 bits per heavy atom. The topological polar surface area (TPSA) is 35.8 Å². The second kappa shape index (κ2) is 6.30. The number of anilines is 1. The van der Waals surface area contributed by atoms with Crippen molar-refractivity contribution in [3.8, 4) is 6.07 Å². The van der Waals surface area contributed by atoms with Crippen molar-refractivity contribution in [3.63, 3.8) is 0 Å². The van der Waals surface area contributed by atoms with E-state index in [2.05, 4.69) is 18.3 Å². The first kappa shape index (κ1) is 14.2. The van der Waals surface area contributed by atoms with Crippen molar-refractivity contribution < 1.29 is 0 Å². The van der Waals surface area contributed by atoms with Gasteiger partial charge >= 0.3 is 0 Å². The van der Waals surface area contributed by atoms with Gasteiger partial charge in [-0.25, -0.2) is 0 Å². The third kappa shape index (κ3) is 3.64. The smallest absolute Gasteiger partial charge is 0.125 e. The third-order valence-corrected chi connectivity index (χ3v) is 4.47. The van der Waals surface area contributed by atoms with Crippen LogP contribution in [0.3, 0.4) is 0 Å². The molecule has 1 aromatic carbocycles. The summed E-state index contributed by atoms with van der Waals surface area (Å²) >= 11 is 5.89. The number of nitriles is 1. The van der Waals surface area contributed by atoms with Crippen LogP contribution in [0, 0.1) is 17.2 Å². The molecule has 1 N–H and O–H groups in total. The van der Waals surface area contributed by atoms with E-state index in [-0.39, 0.29) is 0 Å². The van der Waals surface area contributed by atoms with Crippen LogP contribution in [0.4, 0.5) is 5.69 Å². The summed E-state index contributed by atoms with van der Waals surface area (Å²) in [6.07, 6.45) is 6.62. The Hall–Kier alpha value is -1.20. The summed E-state index contributed by atoms with van der Waals surface area (Å²) in [5.74, 6) is 0.780. The van der Waals surface area contributed by atoms with Crippen LogP contribution in [0.1, 0.15) is 45.4 Å². The molecule has 1 saturated carbocycles. The Morgan fingerprint density at radius 3 is 2.68 bits per heavy atom. The first-order chi connectivity index (χ1) is 9.17. The first-order valence-electron chi connectivity index (χ1n) is 7.12. The molecule has 0 radical (unpaired) electrons. The minimum atomic E-state index is -0.405. The van der Waals surface area contributed by atoms with Gasteiger partial charge in [-0.15, -0.1) is 0 Å². The fourth-order valence-electron chi connectivity index (χ4n) is 2.89. The monoisotopic (exact) mass is 276 g/mol. The highest BCUT2D eigenvalue weighted by molar-refractivity contribution is 6.30. The van der Waals surface area contributed by atoms with Crippen molar-refractivity contribution in [2.24, 2.45) is 5.92 Å². The van der Waals surface area contributed by atoms with E-state index < -0.39 is 5.54 Å². The highest BCUT2D eigenvalue weighted by Crippen LogP contribution is 2.34. The molecule has 0 aromatic heterocycles. The average Bonchev–Trinajstić information content (AvgIpc) is 2.64. The summed E-state index contributed by atoms with van der Waals surface area (Å²) in [5, 5.41) is 13.8. The molecule has 1 aromatic rings. The van der Waals surface area contributed by atoms with Gasteiger partial charge in [0.25, 0.3) is 0 Å². The molecule has 3 heteroatoms. The molecular formula is C16H21ClN2. The Morgan fingerprint density at radius 2 is 2.05 bits per heavy atom. The zero-order valence-corrected chi connectivity index (χ0v) is 12.2. The van der Waals surface area contributed by atoms with E-state index in [1.165, 1.54) is 12.8 Å². The van der Waals surface area contributed by atoms with Gasteiger partial charge in [0.1, 0.15) is 5.54 Å². The lowest BCUT2D eigenvalue weighted by Gasteiger charge is -2.27. The standard InChI is InChI=1S/C16H21ClN2/c1-2-13-4-3-10-16(12-18,11-9-13)19-15-7-5-14(17)6-8-15/h5-8,13,19H,2-4,9-11H2,1H3. The molecular weight excluding hydrogens is 256 g/mol. The molecule has 0 aliphatic heterocycles. The molecule has 1 aliphatic carbocycles. The van der Waals surface area contributed by atoms with Crippen LogP contribution in [0.15, 0.2) is 24.3 Å². The van der Waals surface area contributed by atoms with Crippen molar-refractivity contribution in [2.75, 3.05) is 5.32 Å². The van der Waals surface area contributed by atoms with Crippen LogP contribution in [-0.4, -0.2) is 5.54 Å². The van der Waals surface area contributed by atoms with Gasteiger partial charge in [-0.05, 0) is 55.9 Å². The molecule has 1 aliphatic rings. The minimum absolute atomic E-state index is 0.405. The van der Waals surface area contributed by atoms with Gasteiger partial charge in [0.2, 0.25) is 0 Å². The summed E-state index contributed by atoms with van der Waals surface area (Å²) < 4.78 is 0. The second-order valence-electron chi connectivity index (χ2n) is 5.53. The molecule has 0 amide bonds. The molecule has 19 heavy (non-hydrogen) atoms. The maximum Gasteiger partial charge on any atom is 0.125 e. The van der Waals surface area contributed by atoms with Gasteiger partial charge in [0, 0.05) is 10.7 Å². The normalized spacial score (nSPS) is 27.3. The SMILES string of the molecule is CCC1CCCC(C#N)(Nc2ccc(Cl)cc2)CC1. The first-order valence-corrected chi connectivity index (χ1v) is 7.50. The molecule has 102 valence electrons. The number of hydrogen-bond donors (Lipinski definition) is 1. The molecule has 2 atom stereocenters. The number of nitrogens with one attached hydrogen (secondary N) is 1. The van der Waals surface area contributed by atoms with Gasteiger partial charge < -0.3 is 5.32 Å². The summed E-state index contributed by atoms with van der Waals surface area (Å²) in [6.45, 7) is 2.25. The van der Waals surface area contributed by atoms with Crippen LogP contribution in [-0.2, 0) is 0 Å². The van der Waals surface area contributed by atoms with E-state index in [9.17, 15) is 5.26 Å². The van der Waals surface area contributed by atoms with Crippen LogP contribution in [0.5, 0.6) is 0 Å². The Bertz CT molecular complexity index is 449. The zero-order valence-electron chi connectivity index (χ0n) is 11.5. The number of rotatable bonds is 3. The average molecular weight is 277 g/mol.